The number of nitrogens with zero attached hydrogens (tertiary/aromatic N) is 3. The fourth-order valence-electron chi connectivity index (χ4n) is 3.11. The summed E-state index contributed by atoms with van der Waals surface area (Å²) in [6.07, 6.45) is 5.06. The Kier molecular flexibility index (Phi) is 4.82. The average Bonchev–Trinajstić information content (AvgIpc) is 3.06. The zero-order chi connectivity index (χ0) is 14.8. The molecule has 1 N–H and O–H groups in total. The van der Waals surface area contributed by atoms with Crippen molar-refractivity contribution in [1.29, 1.82) is 0 Å². The van der Waals surface area contributed by atoms with Crippen molar-refractivity contribution in [3.05, 3.63) is 10.6 Å². The first-order chi connectivity index (χ1) is 10.2. The van der Waals surface area contributed by atoms with Gasteiger partial charge in [0.25, 0.3) is 0 Å². The third kappa shape index (κ3) is 3.96. The van der Waals surface area contributed by atoms with Crippen LogP contribution in [0.1, 0.15) is 36.8 Å². The van der Waals surface area contributed by atoms with Crippen LogP contribution in [0, 0.1) is 5.92 Å². The van der Waals surface area contributed by atoms with Crippen LogP contribution in [0.15, 0.2) is 0 Å². The highest BCUT2D eigenvalue weighted by Gasteiger charge is 2.24. The van der Waals surface area contributed by atoms with Crippen LogP contribution in [0.2, 0.25) is 0 Å². The maximum atomic E-state index is 4.88. The first-order valence-electron chi connectivity index (χ1n) is 8.27. The summed E-state index contributed by atoms with van der Waals surface area (Å²) < 4.78 is 0. The Morgan fingerprint density at radius 2 is 2.19 bits per heavy atom. The molecule has 0 amide bonds. The summed E-state index contributed by atoms with van der Waals surface area (Å²) in [5, 5.41) is 4.83. The highest BCUT2D eigenvalue weighted by Crippen LogP contribution is 2.29. The van der Waals surface area contributed by atoms with E-state index in [4.69, 9.17) is 4.98 Å². The summed E-state index contributed by atoms with van der Waals surface area (Å²) in [6.45, 7) is 6.83. The molecule has 1 saturated carbocycles. The van der Waals surface area contributed by atoms with Crippen molar-refractivity contribution in [2.24, 2.45) is 5.92 Å². The van der Waals surface area contributed by atoms with Gasteiger partial charge in [0.05, 0.1) is 5.69 Å². The van der Waals surface area contributed by atoms with Crippen LogP contribution < -0.4 is 10.2 Å². The minimum atomic E-state index is 0.770. The molecular weight excluding hydrogens is 280 g/mol. The highest BCUT2D eigenvalue weighted by atomic mass is 32.1. The van der Waals surface area contributed by atoms with E-state index < -0.39 is 0 Å². The fraction of sp³-hybridized carbons (Fsp3) is 0.812. The lowest BCUT2D eigenvalue weighted by Crippen LogP contribution is -2.27. The number of nitrogens with one attached hydrogen (secondary N) is 1. The second-order valence-corrected chi connectivity index (χ2v) is 7.73. The van der Waals surface area contributed by atoms with Gasteiger partial charge in [0.2, 0.25) is 0 Å². The van der Waals surface area contributed by atoms with Gasteiger partial charge in [-0.1, -0.05) is 6.92 Å². The van der Waals surface area contributed by atoms with E-state index in [9.17, 15) is 0 Å². The summed E-state index contributed by atoms with van der Waals surface area (Å²) in [4.78, 5) is 11.1. The molecule has 0 spiro atoms. The second-order valence-electron chi connectivity index (χ2n) is 6.67. The van der Waals surface area contributed by atoms with Crippen molar-refractivity contribution >= 4 is 16.5 Å². The van der Waals surface area contributed by atoms with Crippen LogP contribution in [-0.2, 0) is 13.0 Å². The molecule has 5 heteroatoms. The smallest absolute Gasteiger partial charge is 0.185 e. The number of hydrogen-bond donors (Lipinski definition) is 1. The first-order valence-corrected chi connectivity index (χ1v) is 9.09. The molecule has 0 radical (unpaired) electrons. The van der Waals surface area contributed by atoms with Crippen molar-refractivity contribution in [2.75, 3.05) is 38.6 Å². The van der Waals surface area contributed by atoms with E-state index in [1.807, 2.05) is 11.3 Å². The molecular formula is C16H28N4S. The molecule has 3 rings (SSSR count). The van der Waals surface area contributed by atoms with E-state index in [0.717, 1.165) is 31.5 Å². The summed E-state index contributed by atoms with van der Waals surface area (Å²) in [5.74, 6) is 0.794. The highest BCUT2D eigenvalue weighted by molar-refractivity contribution is 7.15. The molecule has 1 aromatic rings. The van der Waals surface area contributed by atoms with Gasteiger partial charge in [-0.3, -0.25) is 0 Å². The van der Waals surface area contributed by atoms with E-state index in [-0.39, 0.29) is 0 Å². The van der Waals surface area contributed by atoms with Crippen LogP contribution in [-0.4, -0.2) is 49.7 Å². The molecule has 1 aliphatic carbocycles. The standard InChI is InChI=1S/C16H28N4S/c1-4-14-15(9-17-13-5-6-13)21-16(18-14)20(3)11-12-7-8-19(2)10-12/h12-13,17H,4-11H2,1-3H3. The van der Waals surface area contributed by atoms with Crippen molar-refractivity contribution in [2.45, 2.75) is 45.2 Å². The lowest BCUT2D eigenvalue weighted by molar-refractivity contribution is 0.396. The molecule has 118 valence electrons. The molecule has 2 heterocycles. The predicted molar refractivity (Wildman–Crippen MR) is 90.2 cm³/mol. The van der Waals surface area contributed by atoms with Gasteiger partial charge in [0.15, 0.2) is 5.13 Å². The molecule has 1 aromatic heterocycles. The van der Waals surface area contributed by atoms with Gasteiger partial charge in [0.1, 0.15) is 0 Å². The SMILES string of the molecule is CCc1nc(N(C)CC2CCN(C)C2)sc1CNC1CC1. The third-order valence-electron chi connectivity index (χ3n) is 4.58. The van der Waals surface area contributed by atoms with E-state index in [1.165, 1.54) is 48.1 Å². The molecule has 1 aliphatic heterocycles. The molecule has 4 nitrogen and oxygen atoms in total. The molecule has 1 atom stereocenters. The van der Waals surface area contributed by atoms with Gasteiger partial charge in [-0.25, -0.2) is 4.98 Å². The molecule has 2 fully saturated rings. The van der Waals surface area contributed by atoms with E-state index in [1.54, 1.807) is 0 Å². The van der Waals surface area contributed by atoms with Crippen LogP contribution in [0.25, 0.3) is 0 Å². The van der Waals surface area contributed by atoms with E-state index in [2.05, 4.69) is 36.1 Å². The summed E-state index contributed by atoms with van der Waals surface area (Å²) >= 11 is 1.88. The first kappa shape index (κ1) is 15.3. The summed E-state index contributed by atoms with van der Waals surface area (Å²) in [5.41, 5.74) is 1.29. The zero-order valence-corrected chi connectivity index (χ0v) is 14.4. The van der Waals surface area contributed by atoms with Crippen molar-refractivity contribution in [3.8, 4) is 0 Å². The topological polar surface area (TPSA) is 31.4 Å². The number of thiazole rings is 1. The van der Waals surface area contributed by atoms with Gasteiger partial charge in [0, 0.05) is 37.6 Å². The number of rotatable bonds is 7. The monoisotopic (exact) mass is 308 g/mol. The van der Waals surface area contributed by atoms with Crippen molar-refractivity contribution in [1.82, 2.24) is 15.2 Å². The Morgan fingerprint density at radius 1 is 1.38 bits per heavy atom. The zero-order valence-electron chi connectivity index (χ0n) is 13.6. The molecule has 21 heavy (non-hydrogen) atoms. The van der Waals surface area contributed by atoms with Crippen LogP contribution in [0.5, 0.6) is 0 Å². The van der Waals surface area contributed by atoms with E-state index >= 15 is 0 Å². The number of anilines is 1. The second kappa shape index (κ2) is 6.63. The number of aromatic nitrogens is 1. The number of hydrogen-bond acceptors (Lipinski definition) is 5. The minimum absolute atomic E-state index is 0.770. The molecule has 2 aliphatic rings. The Morgan fingerprint density at radius 3 is 2.81 bits per heavy atom. The van der Waals surface area contributed by atoms with Gasteiger partial charge >= 0.3 is 0 Å². The normalized spacial score (nSPS) is 22.9. The molecule has 0 bridgehead atoms. The summed E-state index contributed by atoms with van der Waals surface area (Å²) in [6, 6.07) is 0.770. The number of aryl methyl sites for hydroxylation is 1. The lowest BCUT2D eigenvalue weighted by atomic mass is 10.1. The van der Waals surface area contributed by atoms with E-state index in [0.29, 0.717) is 0 Å². The summed E-state index contributed by atoms with van der Waals surface area (Å²) in [7, 11) is 4.43. The molecule has 1 unspecified atom stereocenters. The van der Waals surface area contributed by atoms with Crippen molar-refractivity contribution < 1.29 is 0 Å². The van der Waals surface area contributed by atoms with Gasteiger partial charge in [-0.2, -0.15) is 0 Å². The Hall–Kier alpha value is -0.650. The van der Waals surface area contributed by atoms with Gasteiger partial charge in [-0.05, 0) is 45.2 Å². The minimum Gasteiger partial charge on any atom is -0.351 e. The quantitative estimate of drug-likeness (QED) is 0.838. The maximum absolute atomic E-state index is 4.88. The van der Waals surface area contributed by atoms with Gasteiger partial charge in [-0.15, -0.1) is 11.3 Å². The average molecular weight is 308 g/mol. The van der Waals surface area contributed by atoms with Crippen LogP contribution >= 0.6 is 11.3 Å². The molecule has 1 saturated heterocycles. The number of likely N-dealkylation sites (tertiary alicyclic amines) is 1. The Balaban J connectivity index is 1.60. The Labute approximate surface area is 132 Å². The predicted octanol–water partition coefficient (Wildman–Crippen LogP) is 2.35. The Bertz CT molecular complexity index is 469. The van der Waals surface area contributed by atoms with Crippen LogP contribution in [0.3, 0.4) is 0 Å². The van der Waals surface area contributed by atoms with Crippen molar-refractivity contribution in [3.63, 3.8) is 0 Å². The largest absolute Gasteiger partial charge is 0.351 e. The lowest BCUT2D eigenvalue weighted by Gasteiger charge is -2.20. The molecule has 0 aromatic carbocycles. The maximum Gasteiger partial charge on any atom is 0.185 e. The fourth-order valence-corrected chi connectivity index (χ4v) is 4.18. The van der Waals surface area contributed by atoms with Gasteiger partial charge < -0.3 is 15.1 Å². The van der Waals surface area contributed by atoms with Crippen LogP contribution in [0.4, 0.5) is 5.13 Å². The third-order valence-corrected chi connectivity index (χ3v) is 5.79.